The molecule has 2 atom stereocenters. The Hall–Kier alpha value is -3.15. The predicted octanol–water partition coefficient (Wildman–Crippen LogP) is 3.10. The topological polar surface area (TPSA) is 75.7 Å². The second-order valence-electron chi connectivity index (χ2n) is 6.94. The molecule has 2 aliphatic rings. The van der Waals surface area contributed by atoms with Crippen LogP contribution in [0.25, 0.3) is 0 Å². The van der Waals surface area contributed by atoms with E-state index in [0.717, 1.165) is 16.8 Å². The molecule has 2 amide bonds. The predicted molar refractivity (Wildman–Crippen MR) is 99.0 cm³/mol. The third-order valence-corrected chi connectivity index (χ3v) is 5.34. The largest absolute Gasteiger partial charge is 0.433 e. The minimum Gasteiger partial charge on any atom is -0.433 e. The highest BCUT2D eigenvalue weighted by molar-refractivity contribution is 6.00. The van der Waals surface area contributed by atoms with E-state index in [2.05, 4.69) is 5.32 Å². The van der Waals surface area contributed by atoms with Crippen LogP contribution in [0.4, 0.5) is 5.69 Å². The highest BCUT2D eigenvalue weighted by Gasteiger charge is 2.46. The van der Waals surface area contributed by atoms with Gasteiger partial charge >= 0.3 is 5.97 Å². The van der Waals surface area contributed by atoms with Crippen LogP contribution in [0, 0.1) is 13.8 Å². The van der Waals surface area contributed by atoms with Crippen molar-refractivity contribution < 1.29 is 19.1 Å². The van der Waals surface area contributed by atoms with E-state index in [0.29, 0.717) is 17.5 Å². The number of carbonyl (C=O) groups excluding carboxylic acids is 3. The van der Waals surface area contributed by atoms with Gasteiger partial charge in [0.05, 0.1) is 5.56 Å². The van der Waals surface area contributed by atoms with Crippen molar-refractivity contribution >= 4 is 23.5 Å². The number of cyclic esters (lactones) is 1. The zero-order chi connectivity index (χ0) is 19.1. The van der Waals surface area contributed by atoms with E-state index in [1.54, 1.807) is 24.3 Å². The molecule has 0 saturated carbocycles. The van der Waals surface area contributed by atoms with Crippen LogP contribution in [0.15, 0.2) is 42.5 Å². The number of aryl methyl sites for hydroxylation is 1. The lowest BCUT2D eigenvalue weighted by molar-refractivity contribution is -0.144. The van der Waals surface area contributed by atoms with Gasteiger partial charge in [0.2, 0.25) is 18.0 Å². The maximum Gasteiger partial charge on any atom is 0.340 e. The van der Waals surface area contributed by atoms with Crippen molar-refractivity contribution in [1.82, 2.24) is 4.90 Å². The first-order chi connectivity index (χ1) is 13.0. The SMILES string of the molecule is Cc1cccc(NC(=O)[C@H]2CCC(=O)N2[C@H]2OC(=O)c3ccccc32)c1C. The molecule has 2 aliphatic heterocycles. The molecule has 0 bridgehead atoms. The summed E-state index contributed by atoms with van der Waals surface area (Å²) < 4.78 is 5.45. The van der Waals surface area contributed by atoms with Crippen molar-refractivity contribution in [2.24, 2.45) is 0 Å². The molecule has 27 heavy (non-hydrogen) atoms. The summed E-state index contributed by atoms with van der Waals surface area (Å²) >= 11 is 0. The van der Waals surface area contributed by atoms with E-state index in [1.165, 1.54) is 4.90 Å². The van der Waals surface area contributed by atoms with Crippen LogP contribution in [0.5, 0.6) is 0 Å². The second-order valence-corrected chi connectivity index (χ2v) is 6.94. The summed E-state index contributed by atoms with van der Waals surface area (Å²) in [5.41, 5.74) is 3.85. The zero-order valence-electron chi connectivity index (χ0n) is 15.2. The molecular weight excluding hydrogens is 344 g/mol. The fourth-order valence-corrected chi connectivity index (χ4v) is 3.69. The number of amides is 2. The summed E-state index contributed by atoms with van der Waals surface area (Å²) in [6.07, 6.45) is -0.203. The van der Waals surface area contributed by atoms with Crippen molar-refractivity contribution in [1.29, 1.82) is 0 Å². The molecule has 0 aliphatic carbocycles. The molecular formula is C21H20N2O4. The third kappa shape index (κ3) is 2.87. The van der Waals surface area contributed by atoms with E-state index >= 15 is 0 Å². The lowest BCUT2D eigenvalue weighted by Crippen LogP contribution is -2.44. The van der Waals surface area contributed by atoms with Crippen LogP contribution in [-0.2, 0) is 14.3 Å². The van der Waals surface area contributed by atoms with Crippen LogP contribution in [0.2, 0.25) is 0 Å². The van der Waals surface area contributed by atoms with Crippen molar-refractivity contribution in [3.63, 3.8) is 0 Å². The van der Waals surface area contributed by atoms with E-state index in [9.17, 15) is 14.4 Å². The van der Waals surface area contributed by atoms with Crippen LogP contribution in [0.1, 0.15) is 46.1 Å². The number of benzene rings is 2. The number of likely N-dealkylation sites (tertiary alicyclic amines) is 1. The fraction of sp³-hybridized carbons (Fsp3) is 0.286. The number of hydrogen-bond donors (Lipinski definition) is 1. The summed E-state index contributed by atoms with van der Waals surface area (Å²) in [5.74, 6) is -0.926. The van der Waals surface area contributed by atoms with Gasteiger partial charge in [-0.15, -0.1) is 0 Å². The van der Waals surface area contributed by atoms with E-state index < -0.39 is 18.2 Å². The van der Waals surface area contributed by atoms with Crippen molar-refractivity contribution in [3.05, 3.63) is 64.7 Å². The van der Waals surface area contributed by atoms with E-state index in [1.807, 2.05) is 32.0 Å². The Morgan fingerprint density at radius 1 is 1.11 bits per heavy atom. The molecule has 2 aromatic carbocycles. The molecule has 138 valence electrons. The number of nitrogens with one attached hydrogen (secondary N) is 1. The number of anilines is 1. The first kappa shape index (κ1) is 17.3. The first-order valence-electron chi connectivity index (χ1n) is 8.95. The number of rotatable bonds is 3. The van der Waals surface area contributed by atoms with Gasteiger partial charge in [-0.05, 0) is 43.5 Å². The Balaban J connectivity index is 1.62. The number of fused-ring (bicyclic) bond motifs is 1. The fourth-order valence-electron chi connectivity index (χ4n) is 3.69. The van der Waals surface area contributed by atoms with Crippen LogP contribution >= 0.6 is 0 Å². The van der Waals surface area contributed by atoms with E-state index in [-0.39, 0.29) is 18.2 Å². The molecule has 4 rings (SSSR count). The first-order valence-corrected chi connectivity index (χ1v) is 8.95. The Labute approximate surface area is 157 Å². The molecule has 0 spiro atoms. The van der Waals surface area contributed by atoms with E-state index in [4.69, 9.17) is 4.74 Å². The summed E-state index contributed by atoms with van der Waals surface area (Å²) in [6.45, 7) is 3.92. The van der Waals surface area contributed by atoms with Crippen molar-refractivity contribution in [2.45, 2.75) is 39.0 Å². The Kier molecular flexibility index (Phi) is 4.18. The Morgan fingerprint density at radius 2 is 1.89 bits per heavy atom. The summed E-state index contributed by atoms with van der Waals surface area (Å²) in [4.78, 5) is 39.0. The van der Waals surface area contributed by atoms with Crippen molar-refractivity contribution in [3.8, 4) is 0 Å². The lowest BCUT2D eigenvalue weighted by Gasteiger charge is -2.29. The highest BCUT2D eigenvalue weighted by Crippen LogP contribution is 2.38. The number of esters is 1. The van der Waals surface area contributed by atoms with Gasteiger partial charge in [-0.1, -0.05) is 30.3 Å². The Bertz CT molecular complexity index is 953. The van der Waals surface area contributed by atoms with Gasteiger partial charge in [-0.3, -0.25) is 14.5 Å². The second kappa shape index (κ2) is 6.54. The molecule has 1 saturated heterocycles. The lowest BCUT2D eigenvalue weighted by atomic mass is 10.1. The maximum absolute atomic E-state index is 12.9. The maximum atomic E-state index is 12.9. The number of carbonyl (C=O) groups is 3. The highest BCUT2D eigenvalue weighted by atomic mass is 16.6. The van der Waals surface area contributed by atoms with Gasteiger partial charge < -0.3 is 10.1 Å². The third-order valence-electron chi connectivity index (χ3n) is 5.34. The average molecular weight is 364 g/mol. The molecule has 1 fully saturated rings. The van der Waals surface area contributed by atoms with Gasteiger partial charge in [-0.2, -0.15) is 0 Å². The van der Waals surface area contributed by atoms with Crippen LogP contribution < -0.4 is 5.32 Å². The van der Waals surface area contributed by atoms with Gasteiger partial charge in [0.1, 0.15) is 6.04 Å². The average Bonchev–Trinajstić information content (AvgIpc) is 3.19. The molecule has 1 N–H and O–H groups in total. The molecule has 6 nitrogen and oxygen atoms in total. The van der Waals surface area contributed by atoms with Crippen LogP contribution in [-0.4, -0.2) is 28.7 Å². The molecule has 2 aromatic rings. The molecule has 0 radical (unpaired) electrons. The standard InChI is InChI=1S/C21H20N2O4/c1-12-6-5-9-16(13(12)2)22-19(25)17-10-11-18(24)23(17)20-14-7-3-4-8-15(14)21(26)27-20/h3-9,17,20H,10-11H2,1-2H3,(H,22,25)/t17-,20+/m1/s1. The molecule has 0 aromatic heterocycles. The molecule has 0 unspecified atom stereocenters. The number of hydrogen-bond acceptors (Lipinski definition) is 4. The van der Waals surface area contributed by atoms with Gasteiger partial charge in [0, 0.05) is 17.7 Å². The summed E-state index contributed by atoms with van der Waals surface area (Å²) in [5, 5.41) is 2.93. The molecule has 2 heterocycles. The normalized spacial score (nSPS) is 21.2. The minimum atomic E-state index is -0.849. The number of nitrogens with zero attached hydrogens (tertiary/aromatic N) is 1. The zero-order valence-corrected chi connectivity index (χ0v) is 15.2. The minimum absolute atomic E-state index is 0.189. The summed E-state index contributed by atoms with van der Waals surface area (Å²) in [7, 11) is 0. The Morgan fingerprint density at radius 3 is 2.70 bits per heavy atom. The van der Waals surface area contributed by atoms with Crippen molar-refractivity contribution in [2.75, 3.05) is 5.32 Å². The van der Waals surface area contributed by atoms with Gasteiger partial charge in [-0.25, -0.2) is 4.79 Å². The van der Waals surface area contributed by atoms with Crippen LogP contribution in [0.3, 0.4) is 0 Å². The molecule has 6 heteroatoms. The summed E-state index contributed by atoms with van der Waals surface area (Å²) in [6, 6.07) is 12.0. The quantitative estimate of drug-likeness (QED) is 0.849. The smallest absolute Gasteiger partial charge is 0.340 e. The van der Waals surface area contributed by atoms with Gasteiger partial charge in [0.25, 0.3) is 0 Å². The van der Waals surface area contributed by atoms with Gasteiger partial charge in [0.15, 0.2) is 0 Å². The monoisotopic (exact) mass is 364 g/mol. The number of ether oxygens (including phenoxy) is 1.